The molecule has 0 amide bonds. The molecule has 4 heteroatoms. The summed E-state index contributed by atoms with van der Waals surface area (Å²) in [5.74, 6) is 0.0642. The van der Waals surface area contributed by atoms with Gasteiger partial charge in [0.05, 0.1) is 22.9 Å². The van der Waals surface area contributed by atoms with Gasteiger partial charge in [0.2, 0.25) is 0 Å². The van der Waals surface area contributed by atoms with Crippen molar-refractivity contribution in [2.75, 3.05) is 0 Å². The molecule has 0 saturated heterocycles. The van der Waals surface area contributed by atoms with Crippen LogP contribution < -0.4 is 0 Å². The Balaban J connectivity index is 2.04. The van der Waals surface area contributed by atoms with Crippen LogP contribution in [-0.2, 0) is 13.5 Å². The molecule has 2 heterocycles. The lowest BCUT2D eigenvalue weighted by Crippen LogP contribution is -2.21. The first-order valence-corrected chi connectivity index (χ1v) is 7.07. The molecular weight excluding hydrogens is 250 g/mol. The molecule has 2 aromatic rings. The number of nitrogens with zero attached hydrogens (tertiary/aromatic N) is 3. The number of aromatic nitrogens is 3. The number of carbonyl (C=O) groups is 1. The van der Waals surface area contributed by atoms with E-state index in [0.717, 1.165) is 41.9 Å². The third-order valence-electron chi connectivity index (χ3n) is 4.27. The van der Waals surface area contributed by atoms with Crippen LogP contribution >= 0.6 is 0 Å². The summed E-state index contributed by atoms with van der Waals surface area (Å²) in [4.78, 5) is 17.4. The van der Waals surface area contributed by atoms with E-state index in [1.807, 2.05) is 27.0 Å². The van der Waals surface area contributed by atoms with E-state index in [1.165, 1.54) is 5.56 Å². The van der Waals surface area contributed by atoms with E-state index in [4.69, 9.17) is 0 Å². The molecule has 1 atom stereocenters. The first-order valence-electron chi connectivity index (χ1n) is 7.07. The molecular formula is C16H19N3O. The third kappa shape index (κ3) is 1.96. The van der Waals surface area contributed by atoms with Gasteiger partial charge in [0.25, 0.3) is 0 Å². The van der Waals surface area contributed by atoms with Crippen molar-refractivity contribution >= 4 is 5.78 Å². The molecule has 1 aliphatic rings. The van der Waals surface area contributed by atoms with Crippen LogP contribution in [0.3, 0.4) is 0 Å². The van der Waals surface area contributed by atoms with E-state index in [0.29, 0.717) is 0 Å². The highest BCUT2D eigenvalue weighted by Crippen LogP contribution is 2.33. The smallest absolute Gasteiger partial charge is 0.175 e. The Morgan fingerprint density at radius 1 is 1.40 bits per heavy atom. The van der Waals surface area contributed by atoms with Crippen molar-refractivity contribution in [3.8, 4) is 0 Å². The average molecular weight is 269 g/mol. The highest BCUT2D eigenvalue weighted by Gasteiger charge is 2.31. The molecule has 0 radical (unpaired) electrons. The lowest BCUT2D eigenvalue weighted by atomic mass is 9.81. The molecule has 0 aromatic carbocycles. The minimum atomic E-state index is -0.110. The first-order chi connectivity index (χ1) is 9.59. The molecule has 0 spiro atoms. The van der Waals surface area contributed by atoms with Crippen LogP contribution in [0.2, 0.25) is 0 Å². The van der Waals surface area contributed by atoms with Gasteiger partial charge in [-0.3, -0.25) is 14.5 Å². The van der Waals surface area contributed by atoms with Gasteiger partial charge in [-0.2, -0.15) is 5.10 Å². The van der Waals surface area contributed by atoms with E-state index in [-0.39, 0.29) is 11.7 Å². The summed E-state index contributed by atoms with van der Waals surface area (Å²) in [6, 6.07) is 4.04. The zero-order valence-electron chi connectivity index (χ0n) is 12.2. The van der Waals surface area contributed by atoms with Crippen molar-refractivity contribution in [2.24, 2.45) is 7.05 Å². The monoisotopic (exact) mass is 269 g/mol. The summed E-state index contributed by atoms with van der Waals surface area (Å²) < 4.78 is 1.78. The number of pyridine rings is 1. The maximum absolute atomic E-state index is 12.9. The number of Topliss-reactive ketones (excluding diaryl/α,β-unsaturated/α-hetero) is 1. The lowest BCUT2D eigenvalue weighted by molar-refractivity contribution is 0.0947. The average Bonchev–Trinajstić information content (AvgIpc) is 2.71. The van der Waals surface area contributed by atoms with E-state index < -0.39 is 0 Å². The quantitative estimate of drug-likeness (QED) is 0.788. The topological polar surface area (TPSA) is 47.8 Å². The summed E-state index contributed by atoms with van der Waals surface area (Å²) in [6.07, 6.45) is 4.75. The maximum Gasteiger partial charge on any atom is 0.175 e. The number of aryl methyl sites for hydroxylation is 3. The fourth-order valence-electron chi connectivity index (χ4n) is 3.17. The molecule has 0 fully saturated rings. The lowest BCUT2D eigenvalue weighted by Gasteiger charge is -2.23. The van der Waals surface area contributed by atoms with Crippen LogP contribution in [0.1, 0.15) is 51.8 Å². The Morgan fingerprint density at radius 3 is 2.90 bits per heavy atom. The summed E-state index contributed by atoms with van der Waals surface area (Å²) in [7, 11) is 1.88. The highest BCUT2D eigenvalue weighted by molar-refractivity contribution is 6.02. The summed E-state index contributed by atoms with van der Waals surface area (Å²) >= 11 is 0. The van der Waals surface area contributed by atoms with Crippen LogP contribution in [0.15, 0.2) is 18.3 Å². The number of fused-ring (bicyclic) bond motifs is 1. The molecule has 104 valence electrons. The van der Waals surface area contributed by atoms with Gasteiger partial charge in [-0.05, 0) is 44.7 Å². The van der Waals surface area contributed by atoms with Crippen LogP contribution in [0.4, 0.5) is 0 Å². The predicted molar refractivity (Wildman–Crippen MR) is 76.9 cm³/mol. The third-order valence-corrected chi connectivity index (χ3v) is 4.27. The Kier molecular flexibility index (Phi) is 3.16. The minimum Gasteiger partial charge on any atom is -0.293 e. The second kappa shape index (κ2) is 4.85. The molecule has 0 saturated carbocycles. The van der Waals surface area contributed by atoms with Crippen molar-refractivity contribution in [1.29, 1.82) is 0 Å². The van der Waals surface area contributed by atoms with Gasteiger partial charge >= 0.3 is 0 Å². The van der Waals surface area contributed by atoms with Crippen molar-refractivity contribution in [3.05, 3.63) is 46.5 Å². The molecule has 3 rings (SSSR count). The minimum absolute atomic E-state index is 0.110. The number of hydrogen-bond donors (Lipinski definition) is 0. The zero-order chi connectivity index (χ0) is 14.3. The summed E-state index contributed by atoms with van der Waals surface area (Å²) in [5.41, 5.74) is 4.72. The summed E-state index contributed by atoms with van der Waals surface area (Å²) in [5, 5.41) is 4.36. The number of ketones is 1. The summed E-state index contributed by atoms with van der Waals surface area (Å²) in [6.45, 7) is 3.86. The predicted octanol–water partition coefficient (Wildman–Crippen LogP) is 2.73. The van der Waals surface area contributed by atoms with E-state index in [9.17, 15) is 4.79 Å². The van der Waals surface area contributed by atoms with Crippen LogP contribution in [0.5, 0.6) is 0 Å². The van der Waals surface area contributed by atoms with E-state index >= 15 is 0 Å². The Morgan fingerprint density at radius 2 is 2.20 bits per heavy atom. The van der Waals surface area contributed by atoms with Crippen molar-refractivity contribution in [3.63, 3.8) is 0 Å². The van der Waals surface area contributed by atoms with Crippen molar-refractivity contribution in [1.82, 2.24) is 14.8 Å². The number of carbonyl (C=O) groups excluding carboxylic acids is 1. The molecule has 20 heavy (non-hydrogen) atoms. The second-order valence-corrected chi connectivity index (χ2v) is 5.53. The molecule has 2 aromatic heterocycles. The van der Waals surface area contributed by atoms with Gasteiger partial charge in [0.15, 0.2) is 5.78 Å². The van der Waals surface area contributed by atoms with Gasteiger partial charge < -0.3 is 0 Å². The van der Waals surface area contributed by atoms with Gasteiger partial charge in [-0.15, -0.1) is 0 Å². The first kappa shape index (κ1) is 13.0. The standard InChI is InChI=1S/C16H19N3O/c1-10-14(11(2)19(3)18-10)16(20)13-8-4-6-12-7-5-9-17-15(12)13/h5,7,9,13H,4,6,8H2,1-3H3. The molecule has 0 N–H and O–H groups in total. The van der Waals surface area contributed by atoms with Gasteiger partial charge in [-0.1, -0.05) is 6.07 Å². The number of hydrogen-bond acceptors (Lipinski definition) is 3. The van der Waals surface area contributed by atoms with E-state index in [1.54, 1.807) is 10.9 Å². The van der Waals surface area contributed by atoms with Crippen LogP contribution in [0, 0.1) is 13.8 Å². The fourth-order valence-corrected chi connectivity index (χ4v) is 3.17. The normalized spacial score (nSPS) is 17.9. The van der Waals surface area contributed by atoms with Crippen LogP contribution in [-0.4, -0.2) is 20.5 Å². The van der Waals surface area contributed by atoms with Crippen molar-refractivity contribution in [2.45, 2.75) is 39.0 Å². The SMILES string of the molecule is Cc1nn(C)c(C)c1C(=O)C1CCCc2cccnc21. The Hall–Kier alpha value is -1.97. The molecule has 1 unspecified atom stereocenters. The zero-order valence-corrected chi connectivity index (χ0v) is 12.2. The molecule has 0 aliphatic heterocycles. The van der Waals surface area contributed by atoms with Crippen molar-refractivity contribution < 1.29 is 4.79 Å². The second-order valence-electron chi connectivity index (χ2n) is 5.53. The molecule has 1 aliphatic carbocycles. The molecule has 0 bridgehead atoms. The van der Waals surface area contributed by atoms with E-state index in [2.05, 4.69) is 16.1 Å². The molecule has 4 nitrogen and oxygen atoms in total. The van der Waals surface area contributed by atoms with Crippen LogP contribution in [0.25, 0.3) is 0 Å². The highest BCUT2D eigenvalue weighted by atomic mass is 16.1. The van der Waals surface area contributed by atoms with Gasteiger partial charge in [0.1, 0.15) is 0 Å². The fraction of sp³-hybridized carbons (Fsp3) is 0.438. The Bertz CT molecular complexity index is 672. The number of rotatable bonds is 2. The van der Waals surface area contributed by atoms with Gasteiger partial charge in [-0.25, -0.2) is 0 Å². The largest absolute Gasteiger partial charge is 0.293 e. The van der Waals surface area contributed by atoms with Gasteiger partial charge in [0, 0.05) is 18.9 Å². The Labute approximate surface area is 118 Å². The maximum atomic E-state index is 12.9.